The summed E-state index contributed by atoms with van der Waals surface area (Å²) in [5, 5.41) is 0.917. The van der Waals surface area contributed by atoms with E-state index in [1.54, 1.807) is 24.2 Å². The summed E-state index contributed by atoms with van der Waals surface area (Å²) in [6, 6.07) is 3.82. The van der Waals surface area contributed by atoms with E-state index in [1.807, 2.05) is 18.3 Å². The topological polar surface area (TPSA) is 67.6 Å². The Bertz CT molecular complexity index is 399. The van der Waals surface area contributed by atoms with Crippen molar-refractivity contribution in [1.29, 1.82) is 0 Å². The van der Waals surface area contributed by atoms with Crippen LogP contribution in [0.4, 0.5) is 5.82 Å². The van der Waals surface area contributed by atoms with E-state index >= 15 is 0 Å². The average molecular weight is 206 g/mol. The maximum Gasteiger partial charge on any atom is 0.165 e. The van der Waals surface area contributed by atoms with E-state index in [9.17, 15) is 0 Å². The van der Waals surface area contributed by atoms with Crippen molar-refractivity contribution in [3.63, 3.8) is 0 Å². The second-order valence-corrected chi connectivity index (χ2v) is 3.74. The Morgan fingerprint density at radius 1 is 1.36 bits per heavy atom. The molecule has 0 saturated heterocycles. The molecule has 2 aromatic rings. The van der Waals surface area contributed by atoms with Gasteiger partial charge in [-0.15, -0.1) is 0 Å². The fourth-order valence-electron chi connectivity index (χ4n) is 1.07. The molecule has 0 aliphatic heterocycles. The molecular weight excluding hydrogens is 196 g/mol. The van der Waals surface area contributed by atoms with Gasteiger partial charge < -0.3 is 10.7 Å². The Balaban J connectivity index is 1.98. The third-order valence-corrected chi connectivity index (χ3v) is 2.67. The molecular formula is C9H10N4S. The Hall–Kier alpha value is -1.49. The first-order valence-corrected chi connectivity index (χ1v) is 5.16. The predicted octanol–water partition coefficient (Wildman–Crippen LogP) is 1.68. The maximum absolute atomic E-state index is 5.56. The van der Waals surface area contributed by atoms with Crippen LogP contribution in [0, 0.1) is 0 Å². The lowest BCUT2D eigenvalue weighted by Gasteiger charge is -1.99. The van der Waals surface area contributed by atoms with E-state index in [0.29, 0.717) is 5.82 Å². The van der Waals surface area contributed by atoms with E-state index < -0.39 is 0 Å². The van der Waals surface area contributed by atoms with Crippen molar-refractivity contribution >= 4 is 17.6 Å². The van der Waals surface area contributed by atoms with Gasteiger partial charge >= 0.3 is 0 Å². The number of aromatic amines is 1. The van der Waals surface area contributed by atoms with Crippen molar-refractivity contribution in [2.45, 2.75) is 10.9 Å². The van der Waals surface area contributed by atoms with Crippen molar-refractivity contribution in [3.05, 3.63) is 36.3 Å². The molecule has 0 aliphatic carbocycles. The number of hydrogen-bond acceptors (Lipinski definition) is 4. The molecule has 0 unspecified atom stereocenters. The summed E-state index contributed by atoms with van der Waals surface area (Å²) in [4.78, 5) is 11.1. The van der Waals surface area contributed by atoms with E-state index in [0.717, 1.165) is 16.5 Å². The lowest BCUT2D eigenvalue weighted by molar-refractivity contribution is 1.06. The summed E-state index contributed by atoms with van der Waals surface area (Å²) in [6.07, 6.45) is 5.26. The zero-order valence-electron chi connectivity index (χ0n) is 7.47. The van der Waals surface area contributed by atoms with Crippen LogP contribution < -0.4 is 5.73 Å². The summed E-state index contributed by atoms with van der Waals surface area (Å²) in [5.41, 5.74) is 6.72. The minimum absolute atomic E-state index is 0.558. The Labute approximate surface area is 86.0 Å². The normalized spacial score (nSPS) is 10.3. The lowest BCUT2D eigenvalue weighted by atomic mass is 10.3. The first-order valence-electron chi connectivity index (χ1n) is 4.17. The van der Waals surface area contributed by atoms with Gasteiger partial charge in [-0.05, 0) is 17.7 Å². The van der Waals surface area contributed by atoms with Gasteiger partial charge in [-0.1, -0.05) is 11.8 Å². The van der Waals surface area contributed by atoms with Crippen LogP contribution in [0.2, 0.25) is 0 Å². The fourth-order valence-corrected chi connectivity index (χ4v) is 1.84. The highest BCUT2D eigenvalue weighted by Crippen LogP contribution is 2.18. The van der Waals surface area contributed by atoms with Crippen LogP contribution in [0.3, 0.4) is 0 Å². The van der Waals surface area contributed by atoms with Gasteiger partial charge in [0.15, 0.2) is 5.16 Å². The van der Waals surface area contributed by atoms with Crippen molar-refractivity contribution in [1.82, 2.24) is 15.0 Å². The number of thioether (sulfide) groups is 1. The molecule has 0 spiro atoms. The number of anilines is 1. The number of nitrogens with one attached hydrogen (secondary N) is 1. The number of imidazole rings is 1. The zero-order chi connectivity index (χ0) is 9.80. The zero-order valence-corrected chi connectivity index (χ0v) is 8.29. The quantitative estimate of drug-likeness (QED) is 0.750. The van der Waals surface area contributed by atoms with Crippen LogP contribution in [-0.4, -0.2) is 15.0 Å². The van der Waals surface area contributed by atoms with Gasteiger partial charge in [0.2, 0.25) is 0 Å². The monoisotopic (exact) mass is 206 g/mol. The minimum atomic E-state index is 0.558. The number of rotatable bonds is 3. The van der Waals surface area contributed by atoms with Crippen LogP contribution in [0.15, 0.2) is 35.9 Å². The molecule has 14 heavy (non-hydrogen) atoms. The maximum atomic E-state index is 5.56. The van der Waals surface area contributed by atoms with Crippen molar-refractivity contribution in [2.75, 3.05) is 5.73 Å². The molecule has 0 fully saturated rings. The number of nitrogens with zero attached hydrogens (tertiary/aromatic N) is 2. The lowest BCUT2D eigenvalue weighted by Crippen LogP contribution is -1.90. The Kier molecular flexibility index (Phi) is 2.69. The van der Waals surface area contributed by atoms with E-state index in [4.69, 9.17) is 5.73 Å². The van der Waals surface area contributed by atoms with Gasteiger partial charge in [-0.2, -0.15) is 0 Å². The second-order valence-electron chi connectivity index (χ2n) is 2.77. The van der Waals surface area contributed by atoms with Crippen LogP contribution in [-0.2, 0) is 5.75 Å². The largest absolute Gasteiger partial charge is 0.384 e. The number of H-pyrrole nitrogens is 1. The van der Waals surface area contributed by atoms with Gasteiger partial charge in [-0.3, -0.25) is 0 Å². The third kappa shape index (κ3) is 2.26. The van der Waals surface area contributed by atoms with Crippen molar-refractivity contribution in [3.8, 4) is 0 Å². The van der Waals surface area contributed by atoms with Gasteiger partial charge in [0, 0.05) is 24.3 Å². The standard InChI is InChI=1S/C9H10N4S/c10-8-5-7(1-2-11-8)6-14-9-12-3-4-13-9/h1-5H,6H2,(H2,10,11)(H,12,13). The molecule has 72 valence electrons. The molecule has 0 aromatic carbocycles. The molecule has 2 aromatic heterocycles. The van der Waals surface area contributed by atoms with E-state index in [2.05, 4.69) is 15.0 Å². The molecule has 4 nitrogen and oxygen atoms in total. The summed E-state index contributed by atoms with van der Waals surface area (Å²) >= 11 is 1.64. The SMILES string of the molecule is Nc1cc(CSc2ncc[nH]2)ccn1. The van der Waals surface area contributed by atoms with Gasteiger partial charge in [-0.25, -0.2) is 9.97 Å². The average Bonchev–Trinajstić information content (AvgIpc) is 2.67. The number of aromatic nitrogens is 3. The highest BCUT2D eigenvalue weighted by atomic mass is 32.2. The molecule has 0 radical (unpaired) electrons. The minimum Gasteiger partial charge on any atom is -0.384 e. The summed E-state index contributed by atoms with van der Waals surface area (Å²) < 4.78 is 0. The molecule has 5 heteroatoms. The third-order valence-electron chi connectivity index (χ3n) is 1.69. The molecule has 0 aliphatic rings. The predicted molar refractivity (Wildman–Crippen MR) is 56.8 cm³/mol. The van der Waals surface area contributed by atoms with Gasteiger partial charge in [0.1, 0.15) is 5.82 Å². The summed E-state index contributed by atoms with van der Waals surface area (Å²) in [5.74, 6) is 1.41. The molecule has 0 saturated carbocycles. The fraction of sp³-hybridized carbons (Fsp3) is 0.111. The molecule has 3 N–H and O–H groups in total. The number of nitrogens with two attached hydrogens (primary N) is 1. The highest BCUT2D eigenvalue weighted by Gasteiger charge is 1.98. The molecule has 2 heterocycles. The van der Waals surface area contributed by atoms with Crippen LogP contribution >= 0.6 is 11.8 Å². The Morgan fingerprint density at radius 2 is 2.29 bits per heavy atom. The second kappa shape index (κ2) is 4.15. The number of pyridine rings is 1. The molecule has 2 rings (SSSR count). The Morgan fingerprint density at radius 3 is 3.00 bits per heavy atom. The highest BCUT2D eigenvalue weighted by molar-refractivity contribution is 7.98. The first-order chi connectivity index (χ1) is 6.84. The molecule has 0 atom stereocenters. The van der Waals surface area contributed by atoms with Crippen molar-refractivity contribution < 1.29 is 0 Å². The van der Waals surface area contributed by atoms with Crippen molar-refractivity contribution in [2.24, 2.45) is 0 Å². The van der Waals surface area contributed by atoms with E-state index in [1.165, 1.54) is 0 Å². The molecule has 0 amide bonds. The van der Waals surface area contributed by atoms with Crippen LogP contribution in [0.1, 0.15) is 5.56 Å². The smallest absolute Gasteiger partial charge is 0.165 e. The summed E-state index contributed by atoms with van der Waals surface area (Å²) in [7, 11) is 0. The number of nitrogen functional groups attached to an aromatic ring is 1. The molecule has 0 bridgehead atoms. The van der Waals surface area contributed by atoms with E-state index in [-0.39, 0.29) is 0 Å². The van der Waals surface area contributed by atoms with Gasteiger partial charge in [0.05, 0.1) is 0 Å². The van der Waals surface area contributed by atoms with Gasteiger partial charge in [0.25, 0.3) is 0 Å². The first kappa shape index (κ1) is 9.08. The number of hydrogen-bond donors (Lipinski definition) is 2. The van der Waals surface area contributed by atoms with Crippen LogP contribution in [0.25, 0.3) is 0 Å². The van der Waals surface area contributed by atoms with Crippen LogP contribution in [0.5, 0.6) is 0 Å². The summed E-state index contributed by atoms with van der Waals surface area (Å²) in [6.45, 7) is 0.